The number of aryl methyl sites for hydroxylation is 1. The molecule has 7 heteroatoms. The van der Waals surface area contributed by atoms with Crippen molar-refractivity contribution < 1.29 is 14.7 Å². The van der Waals surface area contributed by atoms with Gasteiger partial charge in [0.05, 0.1) is 11.1 Å². The van der Waals surface area contributed by atoms with Gasteiger partial charge in [-0.2, -0.15) is 0 Å². The van der Waals surface area contributed by atoms with Gasteiger partial charge in [0.1, 0.15) is 0 Å². The average molecular weight is 306 g/mol. The highest BCUT2D eigenvalue weighted by molar-refractivity contribution is 5.94. The zero-order chi connectivity index (χ0) is 15.9. The number of carbonyl (C=O) groups excluding carboxylic acids is 1. The number of hydrogen-bond donors (Lipinski definition) is 1. The minimum atomic E-state index is -0.766. The first-order valence-corrected chi connectivity index (χ1v) is 8.02. The lowest BCUT2D eigenvalue weighted by molar-refractivity contribution is -0.149. The van der Waals surface area contributed by atoms with Crippen LogP contribution in [0.25, 0.3) is 0 Å². The topological polar surface area (TPSA) is 88.3 Å². The Morgan fingerprint density at radius 1 is 1.36 bits per heavy atom. The highest BCUT2D eigenvalue weighted by Gasteiger charge is 2.57. The summed E-state index contributed by atoms with van der Waals surface area (Å²) < 4.78 is 1.74. The van der Waals surface area contributed by atoms with Crippen molar-refractivity contribution in [2.75, 3.05) is 6.54 Å². The lowest BCUT2D eigenvalue weighted by atomic mass is 9.82. The minimum absolute atomic E-state index is 0.161. The normalized spacial score (nSPS) is 27.2. The molecule has 120 valence electrons. The van der Waals surface area contributed by atoms with Crippen molar-refractivity contribution in [1.82, 2.24) is 19.9 Å². The number of carboxylic acids is 1. The monoisotopic (exact) mass is 306 g/mol. The summed E-state index contributed by atoms with van der Waals surface area (Å²) in [6.45, 7) is 5.11. The summed E-state index contributed by atoms with van der Waals surface area (Å²) in [7, 11) is 0. The van der Waals surface area contributed by atoms with E-state index >= 15 is 0 Å². The van der Waals surface area contributed by atoms with Gasteiger partial charge < -0.3 is 10.0 Å². The van der Waals surface area contributed by atoms with Crippen LogP contribution in [0.2, 0.25) is 0 Å². The number of rotatable bonds is 4. The van der Waals surface area contributed by atoms with Gasteiger partial charge in [0.15, 0.2) is 5.69 Å². The van der Waals surface area contributed by atoms with Crippen molar-refractivity contribution >= 4 is 11.9 Å². The van der Waals surface area contributed by atoms with Crippen LogP contribution in [0.15, 0.2) is 0 Å². The molecular weight excluding hydrogens is 284 g/mol. The van der Waals surface area contributed by atoms with E-state index in [4.69, 9.17) is 0 Å². The summed E-state index contributed by atoms with van der Waals surface area (Å²) in [4.78, 5) is 26.3. The van der Waals surface area contributed by atoms with Crippen LogP contribution in [0.1, 0.15) is 55.7 Å². The van der Waals surface area contributed by atoms with Crippen molar-refractivity contribution in [3.05, 3.63) is 11.4 Å². The summed E-state index contributed by atoms with van der Waals surface area (Å²) >= 11 is 0. The maximum Gasteiger partial charge on any atom is 0.311 e. The molecule has 0 spiro atoms. The fraction of sp³-hybridized carbons (Fsp3) is 0.733. The molecule has 7 nitrogen and oxygen atoms in total. The molecule has 1 N–H and O–H groups in total. The van der Waals surface area contributed by atoms with E-state index in [1.807, 2.05) is 13.8 Å². The number of nitrogens with zero attached hydrogens (tertiary/aromatic N) is 4. The molecule has 0 unspecified atom stereocenters. The van der Waals surface area contributed by atoms with Gasteiger partial charge in [0.2, 0.25) is 0 Å². The molecule has 0 radical (unpaired) electrons. The molecule has 2 fully saturated rings. The molecule has 3 rings (SSSR count). The lowest BCUT2D eigenvalue weighted by Gasteiger charge is -2.28. The van der Waals surface area contributed by atoms with Crippen LogP contribution in [0, 0.1) is 5.41 Å². The molecule has 1 aromatic rings. The smallest absolute Gasteiger partial charge is 0.311 e. The molecule has 22 heavy (non-hydrogen) atoms. The SMILES string of the molecule is CCc1c(C(=O)N2CC[C@]3(C(=O)O)CCC[C@H]23)nnn1CC. The Kier molecular flexibility index (Phi) is 3.66. The van der Waals surface area contributed by atoms with Crippen molar-refractivity contribution in [1.29, 1.82) is 0 Å². The van der Waals surface area contributed by atoms with Gasteiger partial charge in [-0.25, -0.2) is 4.68 Å². The number of likely N-dealkylation sites (tertiary alicyclic amines) is 1. The zero-order valence-electron chi connectivity index (χ0n) is 13.1. The van der Waals surface area contributed by atoms with Crippen LogP contribution in [0.4, 0.5) is 0 Å². The molecule has 1 aliphatic carbocycles. The maximum atomic E-state index is 12.9. The van der Waals surface area contributed by atoms with Crippen LogP contribution >= 0.6 is 0 Å². The van der Waals surface area contributed by atoms with Crippen LogP contribution in [0.5, 0.6) is 0 Å². The molecule has 1 amide bonds. The summed E-state index contributed by atoms with van der Waals surface area (Å²) in [5, 5.41) is 17.7. The zero-order valence-corrected chi connectivity index (χ0v) is 13.1. The molecule has 2 aliphatic rings. The Hall–Kier alpha value is -1.92. The van der Waals surface area contributed by atoms with Gasteiger partial charge in [-0.05, 0) is 32.6 Å². The van der Waals surface area contributed by atoms with Crippen molar-refractivity contribution in [2.24, 2.45) is 5.41 Å². The van der Waals surface area contributed by atoms with Gasteiger partial charge in [0, 0.05) is 19.1 Å². The van der Waals surface area contributed by atoms with E-state index in [1.54, 1.807) is 9.58 Å². The summed E-state index contributed by atoms with van der Waals surface area (Å²) in [6.07, 6.45) is 3.52. The van der Waals surface area contributed by atoms with E-state index in [0.29, 0.717) is 38.0 Å². The third kappa shape index (κ3) is 1.94. The van der Waals surface area contributed by atoms with E-state index in [0.717, 1.165) is 18.5 Å². The molecule has 0 bridgehead atoms. The standard InChI is InChI=1S/C15H22N4O3/c1-3-10-12(16-17-19(10)4-2)13(20)18-9-8-15(14(21)22)7-5-6-11(15)18/h11H,3-9H2,1-2H3,(H,21,22)/t11-,15+/m0/s1. The maximum absolute atomic E-state index is 12.9. The summed E-state index contributed by atoms with van der Waals surface area (Å²) in [5.41, 5.74) is 0.471. The number of carboxylic acid groups (broad SMARTS) is 1. The second-order valence-corrected chi connectivity index (χ2v) is 6.17. The highest BCUT2D eigenvalue weighted by atomic mass is 16.4. The lowest BCUT2D eigenvalue weighted by Crippen LogP contribution is -2.43. The molecule has 1 saturated heterocycles. The summed E-state index contributed by atoms with van der Waals surface area (Å²) in [6, 6.07) is -0.200. The fourth-order valence-corrected chi connectivity index (χ4v) is 4.11. The van der Waals surface area contributed by atoms with Gasteiger partial charge in [-0.15, -0.1) is 5.10 Å². The van der Waals surface area contributed by atoms with E-state index in [1.165, 1.54) is 0 Å². The number of carbonyl (C=O) groups is 2. The second kappa shape index (κ2) is 5.37. The molecular formula is C15H22N4O3. The van der Waals surface area contributed by atoms with Crippen LogP contribution in [-0.4, -0.2) is 49.5 Å². The first kappa shape index (κ1) is 15.0. The first-order valence-electron chi connectivity index (χ1n) is 8.02. The van der Waals surface area contributed by atoms with Gasteiger partial charge in [-0.1, -0.05) is 18.6 Å². The third-order valence-electron chi connectivity index (χ3n) is 5.27. The van der Waals surface area contributed by atoms with Crippen molar-refractivity contribution in [3.8, 4) is 0 Å². The quantitative estimate of drug-likeness (QED) is 0.906. The molecule has 0 aromatic carbocycles. The fourth-order valence-electron chi connectivity index (χ4n) is 4.11. The van der Waals surface area contributed by atoms with Crippen molar-refractivity contribution in [3.63, 3.8) is 0 Å². The van der Waals surface area contributed by atoms with E-state index in [9.17, 15) is 14.7 Å². The largest absolute Gasteiger partial charge is 0.481 e. The van der Waals surface area contributed by atoms with Gasteiger partial charge in [0.25, 0.3) is 5.91 Å². The number of amides is 1. The first-order chi connectivity index (χ1) is 10.5. The van der Waals surface area contributed by atoms with Crippen LogP contribution in [-0.2, 0) is 17.8 Å². The molecule has 1 saturated carbocycles. The number of fused-ring (bicyclic) bond motifs is 1. The molecule has 2 atom stereocenters. The molecule has 1 aromatic heterocycles. The van der Waals surface area contributed by atoms with Crippen LogP contribution in [0.3, 0.4) is 0 Å². The number of aromatic nitrogens is 3. The number of hydrogen-bond acceptors (Lipinski definition) is 4. The van der Waals surface area contributed by atoms with E-state index in [-0.39, 0.29) is 11.9 Å². The molecule has 2 heterocycles. The predicted octanol–water partition coefficient (Wildman–Crippen LogP) is 1.33. The molecule has 1 aliphatic heterocycles. The Labute approximate surface area is 129 Å². The highest BCUT2D eigenvalue weighted by Crippen LogP contribution is 2.49. The number of aliphatic carboxylic acids is 1. The second-order valence-electron chi connectivity index (χ2n) is 6.17. The Morgan fingerprint density at radius 2 is 2.14 bits per heavy atom. The Balaban J connectivity index is 1.91. The summed E-state index contributed by atoms with van der Waals surface area (Å²) in [5.74, 6) is -0.926. The Bertz CT molecular complexity index is 612. The van der Waals surface area contributed by atoms with Crippen LogP contribution < -0.4 is 0 Å². The average Bonchev–Trinajstić information content (AvgIpc) is 3.18. The van der Waals surface area contributed by atoms with E-state index in [2.05, 4.69) is 10.3 Å². The van der Waals surface area contributed by atoms with Gasteiger partial charge in [-0.3, -0.25) is 9.59 Å². The van der Waals surface area contributed by atoms with Crippen molar-refractivity contribution in [2.45, 2.75) is 58.5 Å². The minimum Gasteiger partial charge on any atom is -0.481 e. The third-order valence-corrected chi connectivity index (χ3v) is 5.27. The van der Waals surface area contributed by atoms with E-state index < -0.39 is 11.4 Å². The van der Waals surface area contributed by atoms with Gasteiger partial charge >= 0.3 is 5.97 Å². The predicted molar refractivity (Wildman–Crippen MR) is 78.4 cm³/mol. The Morgan fingerprint density at radius 3 is 2.77 bits per heavy atom.